The number of hydrogen-bond acceptors (Lipinski definition) is 4. The fourth-order valence-corrected chi connectivity index (χ4v) is 2.78. The van der Waals surface area contributed by atoms with Gasteiger partial charge in [-0.3, -0.25) is 0 Å². The Morgan fingerprint density at radius 2 is 1.54 bits per heavy atom. The van der Waals surface area contributed by atoms with Crippen molar-refractivity contribution in [1.29, 1.82) is 0 Å². The fourth-order valence-electron chi connectivity index (χ4n) is 2.78. The maximum atomic E-state index is 5.93. The van der Waals surface area contributed by atoms with E-state index in [0.29, 0.717) is 5.89 Å². The second-order valence-electron chi connectivity index (χ2n) is 7.10. The summed E-state index contributed by atoms with van der Waals surface area (Å²) in [7, 11) is 0. The Labute approximate surface area is 140 Å². The summed E-state index contributed by atoms with van der Waals surface area (Å²) in [5.74, 6) is 1.35. The minimum absolute atomic E-state index is 0.132. The molecule has 0 radical (unpaired) electrons. The van der Waals surface area contributed by atoms with Crippen LogP contribution in [0.3, 0.4) is 0 Å². The van der Waals surface area contributed by atoms with E-state index >= 15 is 0 Å². The molecule has 0 saturated carbocycles. The molecular formula is C20H20N2O2. The highest BCUT2D eigenvalue weighted by Crippen LogP contribution is 2.30. The van der Waals surface area contributed by atoms with Gasteiger partial charge in [-0.05, 0) is 29.2 Å². The summed E-state index contributed by atoms with van der Waals surface area (Å²) in [4.78, 5) is 9.07. The van der Waals surface area contributed by atoms with E-state index in [4.69, 9.17) is 8.83 Å². The summed E-state index contributed by atoms with van der Waals surface area (Å²) >= 11 is 0. The molecule has 4 nitrogen and oxygen atoms in total. The normalized spacial score (nSPS) is 12.3. The molecule has 0 amide bonds. The van der Waals surface area contributed by atoms with Crippen molar-refractivity contribution in [2.75, 3.05) is 0 Å². The van der Waals surface area contributed by atoms with E-state index in [1.807, 2.05) is 19.1 Å². The molecule has 0 spiro atoms. The first-order chi connectivity index (χ1) is 11.4. The van der Waals surface area contributed by atoms with Gasteiger partial charge in [0.15, 0.2) is 17.1 Å². The topological polar surface area (TPSA) is 52.1 Å². The molecule has 0 unspecified atom stereocenters. The molecule has 0 aliphatic heterocycles. The lowest BCUT2D eigenvalue weighted by molar-refractivity contribution is 0.537. The van der Waals surface area contributed by atoms with Crippen molar-refractivity contribution in [2.45, 2.75) is 39.5 Å². The number of nitrogens with zero attached hydrogens (tertiary/aromatic N) is 2. The molecule has 4 rings (SSSR count). The van der Waals surface area contributed by atoms with Crippen LogP contribution in [0.5, 0.6) is 0 Å². The molecule has 0 N–H and O–H groups in total. The lowest BCUT2D eigenvalue weighted by Crippen LogP contribution is -2.10. The van der Waals surface area contributed by atoms with Crippen molar-refractivity contribution in [1.82, 2.24) is 9.97 Å². The Bertz CT molecular complexity index is 967. The Hall–Kier alpha value is -2.62. The largest absolute Gasteiger partial charge is 0.441 e. The molecule has 0 aliphatic rings. The summed E-state index contributed by atoms with van der Waals surface area (Å²) in [5.41, 5.74) is 5.47. The van der Waals surface area contributed by atoms with Crippen LogP contribution in [-0.4, -0.2) is 9.97 Å². The van der Waals surface area contributed by atoms with Gasteiger partial charge in [0, 0.05) is 18.1 Å². The second kappa shape index (κ2) is 5.20. The van der Waals surface area contributed by atoms with E-state index in [0.717, 1.165) is 40.1 Å². The number of oxazole rings is 2. The number of aryl methyl sites for hydroxylation is 1. The lowest BCUT2D eigenvalue weighted by Gasteiger charge is -2.18. The average molecular weight is 320 g/mol. The zero-order valence-corrected chi connectivity index (χ0v) is 14.4. The molecule has 2 aromatic carbocycles. The van der Waals surface area contributed by atoms with Gasteiger partial charge < -0.3 is 8.83 Å². The Morgan fingerprint density at radius 3 is 2.21 bits per heavy atom. The quantitative estimate of drug-likeness (QED) is 0.489. The molecule has 24 heavy (non-hydrogen) atoms. The first kappa shape index (κ1) is 14.9. The summed E-state index contributed by atoms with van der Waals surface area (Å²) in [6.07, 6.45) is 0.773. The van der Waals surface area contributed by atoms with E-state index in [-0.39, 0.29) is 5.41 Å². The van der Waals surface area contributed by atoms with E-state index in [2.05, 4.69) is 55.0 Å². The molecule has 4 aromatic rings. The van der Waals surface area contributed by atoms with Crippen LogP contribution in [0.4, 0.5) is 0 Å². The van der Waals surface area contributed by atoms with Crippen molar-refractivity contribution < 1.29 is 8.83 Å². The zero-order valence-electron chi connectivity index (χ0n) is 14.4. The molecule has 2 aromatic heterocycles. The maximum Gasteiger partial charge on any atom is 0.227 e. The second-order valence-corrected chi connectivity index (χ2v) is 7.10. The van der Waals surface area contributed by atoms with Gasteiger partial charge in [0.2, 0.25) is 5.89 Å². The standard InChI is InChI=1S/C20H20N2O2/c1-5-18-21-14-10-15-17(11-16(14)23-18)24-19(22-15)12-6-8-13(9-7-12)20(2,3)4/h6-11H,5H2,1-4H3. The van der Waals surface area contributed by atoms with E-state index in [9.17, 15) is 0 Å². The summed E-state index contributed by atoms with van der Waals surface area (Å²) in [6, 6.07) is 12.2. The van der Waals surface area contributed by atoms with E-state index in [1.165, 1.54) is 5.56 Å². The van der Waals surface area contributed by atoms with Crippen LogP contribution < -0.4 is 0 Å². The van der Waals surface area contributed by atoms with Crippen molar-refractivity contribution >= 4 is 22.2 Å². The molecule has 4 heteroatoms. The zero-order chi connectivity index (χ0) is 16.9. The predicted octanol–water partition coefficient (Wildman–Crippen LogP) is 5.50. The highest BCUT2D eigenvalue weighted by atomic mass is 16.4. The van der Waals surface area contributed by atoms with Crippen LogP contribution in [0.2, 0.25) is 0 Å². The number of rotatable bonds is 2. The van der Waals surface area contributed by atoms with Gasteiger partial charge in [-0.2, -0.15) is 0 Å². The van der Waals surface area contributed by atoms with Gasteiger partial charge in [0.05, 0.1) is 0 Å². The highest BCUT2D eigenvalue weighted by Gasteiger charge is 2.15. The third-order valence-corrected chi connectivity index (χ3v) is 4.24. The van der Waals surface area contributed by atoms with Crippen LogP contribution in [0.25, 0.3) is 33.7 Å². The summed E-state index contributed by atoms with van der Waals surface area (Å²) < 4.78 is 11.6. The van der Waals surface area contributed by atoms with Crippen LogP contribution in [0.15, 0.2) is 45.2 Å². The molecule has 0 aliphatic carbocycles. The highest BCUT2D eigenvalue weighted by molar-refractivity contribution is 5.90. The molecule has 0 atom stereocenters. The SMILES string of the molecule is CCc1nc2cc3nc(-c4ccc(C(C)(C)C)cc4)oc3cc2o1. The molecule has 122 valence electrons. The Morgan fingerprint density at radius 1 is 0.875 bits per heavy atom. The molecule has 0 fully saturated rings. The van der Waals surface area contributed by atoms with Gasteiger partial charge in [-0.1, -0.05) is 39.8 Å². The molecule has 0 bridgehead atoms. The number of hydrogen-bond donors (Lipinski definition) is 0. The van der Waals surface area contributed by atoms with Crippen molar-refractivity contribution in [2.24, 2.45) is 0 Å². The van der Waals surface area contributed by atoms with E-state index in [1.54, 1.807) is 0 Å². The number of aromatic nitrogens is 2. The molecule has 0 saturated heterocycles. The smallest absolute Gasteiger partial charge is 0.227 e. The number of benzene rings is 2. The van der Waals surface area contributed by atoms with Gasteiger partial charge in [-0.25, -0.2) is 9.97 Å². The third kappa shape index (κ3) is 2.48. The number of fused-ring (bicyclic) bond motifs is 2. The minimum atomic E-state index is 0.132. The summed E-state index contributed by atoms with van der Waals surface area (Å²) in [6.45, 7) is 8.63. The Kier molecular flexibility index (Phi) is 3.23. The van der Waals surface area contributed by atoms with Gasteiger partial charge in [0.25, 0.3) is 0 Å². The van der Waals surface area contributed by atoms with Crippen LogP contribution in [0.1, 0.15) is 39.1 Å². The monoisotopic (exact) mass is 320 g/mol. The molecular weight excluding hydrogens is 300 g/mol. The van der Waals surface area contributed by atoms with Gasteiger partial charge in [-0.15, -0.1) is 0 Å². The molecule has 2 heterocycles. The first-order valence-corrected chi connectivity index (χ1v) is 8.25. The van der Waals surface area contributed by atoms with Crippen molar-refractivity contribution in [3.63, 3.8) is 0 Å². The van der Waals surface area contributed by atoms with Crippen LogP contribution in [0, 0.1) is 0 Å². The van der Waals surface area contributed by atoms with E-state index < -0.39 is 0 Å². The van der Waals surface area contributed by atoms with Crippen LogP contribution in [-0.2, 0) is 11.8 Å². The first-order valence-electron chi connectivity index (χ1n) is 8.25. The predicted molar refractivity (Wildman–Crippen MR) is 95.1 cm³/mol. The lowest BCUT2D eigenvalue weighted by atomic mass is 9.87. The van der Waals surface area contributed by atoms with Crippen molar-refractivity contribution in [3.05, 3.63) is 47.9 Å². The summed E-state index contributed by atoms with van der Waals surface area (Å²) in [5, 5.41) is 0. The van der Waals surface area contributed by atoms with Gasteiger partial charge in [0.1, 0.15) is 11.0 Å². The fraction of sp³-hybridized carbons (Fsp3) is 0.300. The Balaban J connectivity index is 1.77. The minimum Gasteiger partial charge on any atom is -0.441 e. The van der Waals surface area contributed by atoms with Crippen molar-refractivity contribution in [3.8, 4) is 11.5 Å². The van der Waals surface area contributed by atoms with Gasteiger partial charge >= 0.3 is 0 Å². The maximum absolute atomic E-state index is 5.93. The van der Waals surface area contributed by atoms with Crippen LogP contribution >= 0.6 is 0 Å². The third-order valence-electron chi connectivity index (χ3n) is 4.24. The average Bonchev–Trinajstić information content (AvgIpc) is 3.14.